The zero-order valence-corrected chi connectivity index (χ0v) is 18.2. The molecule has 2 heterocycles. The van der Waals surface area contributed by atoms with Crippen molar-refractivity contribution in [3.8, 4) is 17.5 Å². The van der Waals surface area contributed by atoms with Crippen LogP contribution in [-0.2, 0) is 22.6 Å². The summed E-state index contributed by atoms with van der Waals surface area (Å²) in [5.74, 6) is 0.125. The van der Waals surface area contributed by atoms with Crippen molar-refractivity contribution in [2.45, 2.75) is 33.8 Å². The molecule has 0 aliphatic heterocycles. The molecule has 0 bridgehead atoms. The van der Waals surface area contributed by atoms with Gasteiger partial charge in [0.25, 0.3) is 0 Å². The van der Waals surface area contributed by atoms with Gasteiger partial charge >= 0.3 is 5.97 Å². The van der Waals surface area contributed by atoms with Gasteiger partial charge in [-0.2, -0.15) is 5.26 Å². The number of carbonyl (C=O) groups excluding carboxylic acids is 1. The summed E-state index contributed by atoms with van der Waals surface area (Å²) in [5.41, 5.74) is 4.33. The molecular formula is C23H23N3O3S. The molecular weight excluding hydrogens is 398 g/mol. The van der Waals surface area contributed by atoms with Crippen molar-refractivity contribution in [1.29, 1.82) is 5.26 Å². The lowest BCUT2D eigenvalue weighted by atomic mass is 10.1. The van der Waals surface area contributed by atoms with Gasteiger partial charge in [-0.15, -0.1) is 11.3 Å². The predicted molar refractivity (Wildman–Crippen MR) is 117 cm³/mol. The average molecular weight is 422 g/mol. The molecule has 0 amide bonds. The number of hydrogen-bond donors (Lipinski definition) is 0. The molecule has 0 radical (unpaired) electrons. The summed E-state index contributed by atoms with van der Waals surface area (Å²) >= 11 is 1.53. The maximum Gasteiger partial charge on any atom is 0.349 e. The highest BCUT2D eigenvalue weighted by Crippen LogP contribution is 2.24. The number of aryl methyl sites for hydroxylation is 2. The van der Waals surface area contributed by atoms with Crippen molar-refractivity contribution in [3.05, 3.63) is 68.9 Å². The van der Waals surface area contributed by atoms with Crippen LogP contribution < -0.4 is 4.74 Å². The molecule has 154 valence electrons. The highest BCUT2D eigenvalue weighted by Gasteiger charge is 2.15. The van der Waals surface area contributed by atoms with Gasteiger partial charge in [0.15, 0.2) is 0 Å². The molecule has 0 spiro atoms. The number of methoxy groups -OCH3 is 1. The molecule has 6 nitrogen and oxygen atoms in total. The second-order valence-electron chi connectivity index (χ2n) is 6.69. The minimum atomic E-state index is -0.655. The number of hydrogen-bond acceptors (Lipinski definition) is 6. The van der Waals surface area contributed by atoms with Gasteiger partial charge in [0.05, 0.1) is 17.8 Å². The number of rotatable bonds is 7. The molecule has 0 saturated carbocycles. The van der Waals surface area contributed by atoms with E-state index in [1.807, 2.05) is 62.6 Å². The van der Waals surface area contributed by atoms with Crippen molar-refractivity contribution >= 4 is 23.4 Å². The summed E-state index contributed by atoms with van der Waals surface area (Å²) in [6.07, 6.45) is 2.41. The maximum absolute atomic E-state index is 12.4. The molecule has 0 aliphatic rings. The van der Waals surface area contributed by atoms with E-state index in [9.17, 15) is 10.1 Å². The number of esters is 1. The van der Waals surface area contributed by atoms with E-state index in [4.69, 9.17) is 9.47 Å². The smallest absolute Gasteiger partial charge is 0.349 e. The van der Waals surface area contributed by atoms with E-state index in [0.717, 1.165) is 39.8 Å². The van der Waals surface area contributed by atoms with Crippen LogP contribution in [0.2, 0.25) is 0 Å². The quantitative estimate of drug-likeness (QED) is 0.312. The topological polar surface area (TPSA) is 77.1 Å². The summed E-state index contributed by atoms with van der Waals surface area (Å²) in [6, 6.07) is 11.6. The van der Waals surface area contributed by atoms with Crippen LogP contribution in [0.15, 0.2) is 41.3 Å². The molecule has 0 N–H and O–H groups in total. The Kier molecular flexibility index (Phi) is 6.70. The SMILES string of the molecule is CCc1nc(COC(=O)/C(C#N)=C/c2cc(C)n(-c3ccc(OC)cc3)c2C)cs1. The van der Waals surface area contributed by atoms with Gasteiger partial charge in [-0.05, 0) is 62.2 Å². The third-order valence-corrected chi connectivity index (χ3v) is 5.74. The fraction of sp³-hybridized carbons (Fsp3) is 0.261. The van der Waals surface area contributed by atoms with Gasteiger partial charge in [-0.25, -0.2) is 9.78 Å². The molecule has 2 aromatic heterocycles. The minimum absolute atomic E-state index is 0.0454. The van der Waals surface area contributed by atoms with Gasteiger partial charge in [0.2, 0.25) is 0 Å². The molecule has 0 unspecified atom stereocenters. The lowest BCUT2D eigenvalue weighted by molar-refractivity contribution is -0.139. The zero-order chi connectivity index (χ0) is 21.7. The highest BCUT2D eigenvalue weighted by molar-refractivity contribution is 7.09. The molecule has 0 atom stereocenters. The number of thiazole rings is 1. The Morgan fingerprint density at radius 2 is 2.03 bits per heavy atom. The Balaban J connectivity index is 1.81. The van der Waals surface area contributed by atoms with Gasteiger partial charge in [0, 0.05) is 22.5 Å². The Labute approximate surface area is 180 Å². The molecule has 7 heteroatoms. The third kappa shape index (κ3) is 4.61. The molecule has 0 saturated heterocycles. The monoisotopic (exact) mass is 421 g/mol. The van der Waals surface area contributed by atoms with Crippen molar-refractivity contribution < 1.29 is 14.3 Å². The van der Waals surface area contributed by atoms with Gasteiger partial charge in [-0.3, -0.25) is 0 Å². The molecule has 30 heavy (non-hydrogen) atoms. The summed E-state index contributed by atoms with van der Waals surface area (Å²) in [6.45, 7) is 6.00. The number of aromatic nitrogens is 2. The van der Waals surface area contributed by atoms with E-state index >= 15 is 0 Å². The Morgan fingerprint density at radius 1 is 1.30 bits per heavy atom. The number of ether oxygens (including phenoxy) is 2. The largest absolute Gasteiger partial charge is 0.497 e. The highest BCUT2D eigenvalue weighted by atomic mass is 32.1. The fourth-order valence-electron chi connectivity index (χ4n) is 3.15. The van der Waals surface area contributed by atoms with Crippen LogP contribution in [-0.4, -0.2) is 22.6 Å². The van der Waals surface area contributed by atoms with E-state index in [1.165, 1.54) is 11.3 Å². The van der Waals surface area contributed by atoms with Gasteiger partial charge in [-0.1, -0.05) is 6.92 Å². The standard InChI is InChI=1S/C23H23N3O3S/c1-5-22-25-19(14-30-22)13-29-23(27)18(12-24)11-17-10-15(2)26(16(17)3)20-6-8-21(28-4)9-7-20/h6-11,14H,5,13H2,1-4H3/b18-11+. The lowest BCUT2D eigenvalue weighted by Crippen LogP contribution is -2.07. The van der Waals surface area contributed by atoms with Crippen LogP contribution in [0.5, 0.6) is 5.75 Å². The number of benzene rings is 1. The van der Waals surface area contributed by atoms with E-state index in [1.54, 1.807) is 13.2 Å². The zero-order valence-electron chi connectivity index (χ0n) is 17.4. The Hall–Kier alpha value is -3.37. The first-order valence-corrected chi connectivity index (χ1v) is 10.4. The number of carbonyl (C=O) groups is 1. The van der Waals surface area contributed by atoms with Crippen LogP contribution in [0, 0.1) is 25.2 Å². The molecule has 0 fully saturated rings. The fourth-order valence-corrected chi connectivity index (χ4v) is 3.88. The molecule has 3 rings (SSSR count). The average Bonchev–Trinajstić information content (AvgIpc) is 3.34. The van der Waals surface area contributed by atoms with Crippen molar-refractivity contribution in [2.24, 2.45) is 0 Å². The molecule has 3 aromatic rings. The van der Waals surface area contributed by atoms with Crippen LogP contribution in [0.1, 0.15) is 34.6 Å². The Bertz CT molecular complexity index is 1120. The first-order chi connectivity index (χ1) is 14.5. The summed E-state index contributed by atoms with van der Waals surface area (Å²) in [4.78, 5) is 16.8. The van der Waals surface area contributed by atoms with E-state index in [-0.39, 0.29) is 12.2 Å². The Morgan fingerprint density at radius 3 is 2.63 bits per heavy atom. The van der Waals surface area contributed by atoms with Crippen molar-refractivity contribution in [1.82, 2.24) is 9.55 Å². The van der Waals surface area contributed by atoms with Crippen molar-refractivity contribution in [2.75, 3.05) is 7.11 Å². The second kappa shape index (κ2) is 9.42. The number of nitriles is 1. The van der Waals surface area contributed by atoms with E-state index in [2.05, 4.69) is 9.55 Å². The second-order valence-corrected chi connectivity index (χ2v) is 7.63. The van der Waals surface area contributed by atoms with Gasteiger partial charge in [0.1, 0.15) is 24.0 Å². The van der Waals surface area contributed by atoms with Crippen LogP contribution >= 0.6 is 11.3 Å². The van der Waals surface area contributed by atoms with Crippen LogP contribution in [0.3, 0.4) is 0 Å². The normalized spacial score (nSPS) is 11.2. The first kappa shape index (κ1) is 21.3. The summed E-state index contributed by atoms with van der Waals surface area (Å²) in [5, 5.41) is 12.3. The molecule has 1 aromatic carbocycles. The number of nitrogens with zero attached hydrogens (tertiary/aromatic N) is 3. The third-order valence-electron chi connectivity index (χ3n) is 4.69. The lowest BCUT2D eigenvalue weighted by Gasteiger charge is -2.10. The summed E-state index contributed by atoms with van der Waals surface area (Å²) in [7, 11) is 1.63. The van der Waals surface area contributed by atoms with E-state index in [0.29, 0.717) is 5.69 Å². The maximum atomic E-state index is 12.4. The van der Waals surface area contributed by atoms with Crippen LogP contribution in [0.25, 0.3) is 11.8 Å². The predicted octanol–water partition coefficient (Wildman–Crippen LogP) is 4.77. The van der Waals surface area contributed by atoms with Gasteiger partial charge < -0.3 is 14.0 Å². The van der Waals surface area contributed by atoms with Crippen LogP contribution in [0.4, 0.5) is 0 Å². The molecule has 0 aliphatic carbocycles. The minimum Gasteiger partial charge on any atom is -0.497 e. The van der Waals surface area contributed by atoms with Crippen molar-refractivity contribution in [3.63, 3.8) is 0 Å². The summed E-state index contributed by atoms with van der Waals surface area (Å²) < 4.78 is 12.6. The first-order valence-electron chi connectivity index (χ1n) is 9.52. The van der Waals surface area contributed by atoms with E-state index < -0.39 is 5.97 Å².